The Morgan fingerprint density at radius 2 is 2.11 bits per heavy atom. The van der Waals surface area contributed by atoms with Crippen LogP contribution in [-0.4, -0.2) is 22.9 Å². The number of nitrogens with zero attached hydrogens (tertiary/aromatic N) is 2. The van der Waals surface area contributed by atoms with Crippen molar-refractivity contribution in [1.82, 2.24) is 15.1 Å². The maximum atomic E-state index is 4.27. The number of benzene rings is 1. The van der Waals surface area contributed by atoms with Crippen molar-refractivity contribution in [2.24, 2.45) is 7.05 Å². The van der Waals surface area contributed by atoms with Crippen molar-refractivity contribution < 1.29 is 0 Å². The van der Waals surface area contributed by atoms with Crippen LogP contribution < -0.4 is 5.32 Å². The summed E-state index contributed by atoms with van der Waals surface area (Å²) in [5.41, 5.74) is 3.98. The molecule has 18 heavy (non-hydrogen) atoms. The second-order valence-electron chi connectivity index (χ2n) is 4.23. The molecule has 2 aromatic rings. The van der Waals surface area contributed by atoms with E-state index in [0.717, 1.165) is 19.5 Å². The average molecular weight is 286 g/mol. The molecule has 1 aromatic heterocycles. The van der Waals surface area contributed by atoms with Gasteiger partial charge >= 0.3 is 0 Å². The number of aryl methyl sites for hydroxylation is 1. The molecule has 0 saturated heterocycles. The quantitative estimate of drug-likeness (QED) is 0.873. The van der Waals surface area contributed by atoms with Crippen LogP contribution in [0, 0.1) is 0 Å². The Balaban J connectivity index is 0.000000810. The van der Waals surface area contributed by atoms with Crippen LogP contribution in [0.15, 0.2) is 30.5 Å². The Morgan fingerprint density at radius 3 is 2.83 bits per heavy atom. The molecule has 1 aromatic carbocycles. The second kappa shape index (κ2) is 6.23. The van der Waals surface area contributed by atoms with Crippen molar-refractivity contribution in [3.63, 3.8) is 0 Å². The van der Waals surface area contributed by atoms with E-state index < -0.39 is 0 Å². The highest BCUT2D eigenvalue weighted by Crippen LogP contribution is 2.23. The SMILES string of the molecule is Cl.Cl.Cn1ncc2ccc(C3=CCNCC3)cc21. The molecule has 1 N–H and O–H groups in total. The lowest BCUT2D eigenvalue weighted by Gasteiger charge is -2.14. The van der Waals surface area contributed by atoms with Crippen molar-refractivity contribution in [3.8, 4) is 0 Å². The number of rotatable bonds is 1. The topological polar surface area (TPSA) is 29.9 Å². The van der Waals surface area contributed by atoms with E-state index in [1.807, 2.05) is 17.9 Å². The number of hydrogen-bond acceptors (Lipinski definition) is 2. The van der Waals surface area contributed by atoms with Crippen LogP contribution in [0.4, 0.5) is 0 Å². The zero-order valence-electron chi connectivity index (χ0n) is 10.2. The fourth-order valence-corrected chi connectivity index (χ4v) is 2.23. The Kier molecular flexibility index (Phi) is 5.20. The van der Waals surface area contributed by atoms with Crippen molar-refractivity contribution in [1.29, 1.82) is 0 Å². The van der Waals surface area contributed by atoms with E-state index in [1.54, 1.807) is 0 Å². The molecule has 5 heteroatoms. The maximum absolute atomic E-state index is 4.27. The molecular weight excluding hydrogens is 269 g/mol. The molecular formula is C13H17Cl2N3. The Labute approximate surface area is 119 Å². The van der Waals surface area contributed by atoms with Crippen LogP contribution in [0.5, 0.6) is 0 Å². The van der Waals surface area contributed by atoms with Crippen molar-refractivity contribution >= 4 is 41.3 Å². The Bertz CT molecular complexity index is 560. The minimum absolute atomic E-state index is 0. The summed E-state index contributed by atoms with van der Waals surface area (Å²) in [6.45, 7) is 2.06. The third kappa shape index (κ3) is 2.69. The number of halogens is 2. The highest BCUT2D eigenvalue weighted by atomic mass is 35.5. The van der Waals surface area contributed by atoms with Gasteiger partial charge in [0.05, 0.1) is 11.7 Å². The first-order chi connectivity index (χ1) is 7.84. The van der Waals surface area contributed by atoms with Gasteiger partial charge in [-0.1, -0.05) is 18.2 Å². The lowest BCUT2D eigenvalue weighted by atomic mass is 9.99. The van der Waals surface area contributed by atoms with Gasteiger partial charge in [0.2, 0.25) is 0 Å². The lowest BCUT2D eigenvalue weighted by Crippen LogP contribution is -2.19. The monoisotopic (exact) mass is 285 g/mol. The van der Waals surface area contributed by atoms with E-state index in [0.29, 0.717) is 0 Å². The van der Waals surface area contributed by atoms with E-state index in [4.69, 9.17) is 0 Å². The standard InChI is InChI=1S/C13H15N3.2ClH/c1-16-13-8-11(2-3-12(13)9-15-16)10-4-6-14-7-5-10;;/h2-4,8-9,14H,5-7H2,1H3;2*1H. The second-order valence-corrected chi connectivity index (χ2v) is 4.23. The van der Waals surface area contributed by atoms with E-state index in [2.05, 4.69) is 34.7 Å². The minimum atomic E-state index is 0. The van der Waals surface area contributed by atoms with Gasteiger partial charge in [0.15, 0.2) is 0 Å². The molecule has 0 unspecified atom stereocenters. The Hall–Kier alpha value is -1.03. The van der Waals surface area contributed by atoms with Crippen LogP contribution in [0.1, 0.15) is 12.0 Å². The smallest absolute Gasteiger partial charge is 0.0685 e. The van der Waals surface area contributed by atoms with E-state index >= 15 is 0 Å². The van der Waals surface area contributed by atoms with Gasteiger partial charge in [0.25, 0.3) is 0 Å². The first-order valence-electron chi connectivity index (χ1n) is 5.66. The largest absolute Gasteiger partial charge is 0.313 e. The zero-order chi connectivity index (χ0) is 11.0. The van der Waals surface area contributed by atoms with Crippen LogP contribution in [0.2, 0.25) is 0 Å². The van der Waals surface area contributed by atoms with Gasteiger partial charge in [-0.25, -0.2) is 0 Å². The molecule has 0 fully saturated rings. The van der Waals surface area contributed by atoms with Crippen LogP contribution in [0.3, 0.4) is 0 Å². The molecule has 0 saturated carbocycles. The summed E-state index contributed by atoms with van der Waals surface area (Å²) < 4.78 is 1.93. The third-order valence-electron chi connectivity index (χ3n) is 3.18. The van der Waals surface area contributed by atoms with Crippen LogP contribution >= 0.6 is 24.8 Å². The highest BCUT2D eigenvalue weighted by Gasteiger charge is 2.07. The van der Waals surface area contributed by atoms with Gasteiger partial charge in [-0.2, -0.15) is 5.10 Å². The first kappa shape index (κ1) is 15.0. The Morgan fingerprint density at radius 1 is 1.28 bits per heavy atom. The summed E-state index contributed by atoms with van der Waals surface area (Å²) in [7, 11) is 1.99. The first-order valence-corrected chi connectivity index (χ1v) is 5.66. The predicted octanol–water partition coefficient (Wildman–Crippen LogP) is 2.79. The summed E-state index contributed by atoms with van der Waals surface area (Å²) in [5, 5.41) is 8.81. The third-order valence-corrected chi connectivity index (χ3v) is 3.18. The molecule has 3 nitrogen and oxygen atoms in total. The molecule has 98 valence electrons. The maximum Gasteiger partial charge on any atom is 0.0685 e. The summed E-state index contributed by atoms with van der Waals surface area (Å²) in [6, 6.07) is 6.58. The normalized spacial score (nSPS) is 14.6. The van der Waals surface area contributed by atoms with E-state index in [1.165, 1.54) is 22.0 Å². The van der Waals surface area contributed by atoms with Crippen LogP contribution in [0.25, 0.3) is 16.5 Å². The van der Waals surface area contributed by atoms with Crippen molar-refractivity contribution in [2.75, 3.05) is 13.1 Å². The van der Waals surface area contributed by atoms with Gasteiger partial charge in [0, 0.05) is 19.0 Å². The van der Waals surface area contributed by atoms with E-state index in [-0.39, 0.29) is 24.8 Å². The van der Waals surface area contributed by atoms with Gasteiger partial charge < -0.3 is 5.32 Å². The van der Waals surface area contributed by atoms with Crippen molar-refractivity contribution in [3.05, 3.63) is 36.0 Å². The number of nitrogens with one attached hydrogen (secondary N) is 1. The highest BCUT2D eigenvalue weighted by molar-refractivity contribution is 5.85. The number of hydrogen-bond donors (Lipinski definition) is 1. The molecule has 0 radical (unpaired) electrons. The average Bonchev–Trinajstić information content (AvgIpc) is 2.72. The fraction of sp³-hybridized carbons (Fsp3) is 0.308. The summed E-state index contributed by atoms with van der Waals surface area (Å²) in [6.07, 6.45) is 5.31. The molecule has 0 aliphatic carbocycles. The molecule has 0 atom stereocenters. The lowest BCUT2D eigenvalue weighted by molar-refractivity contribution is 0.738. The van der Waals surface area contributed by atoms with Gasteiger partial charge in [0.1, 0.15) is 0 Å². The molecule has 3 rings (SSSR count). The minimum Gasteiger partial charge on any atom is -0.313 e. The molecule has 0 spiro atoms. The van der Waals surface area contributed by atoms with Gasteiger partial charge in [-0.15, -0.1) is 24.8 Å². The van der Waals surface area contributed by atoms with Crippen molar-refractivity contribution in [2.45, 2.75) is 6.42 Å². The molecule has 1 aliphatic heterocycles. The summed E-state index contributed by atoms with van der Waals surface area (Å²) >= 11 is 0. The molecule has 0 amide bonds. The molecule has 0 bridgehead atoms. The zero-order valence-corrected chi connectivity index (χ0v) is 11.9. The molecule has 2 heterocycles. The summed E-state index contributed by atoms with van der Waals surface area (Å²) in [5.74, 6) is 0. The number of fused-ring (bicyclic) bond motifs is 1. The van der Waals surface area contributed by atoms with E-state index in [9.17, 15) is 0 Å². The van der Waals surface area contributed by atoms with Gasteiger partial charge in [-0.05, 0) is 30.2 Å². The number of aromatic nitrogens is 2. The van der Waals surface area contributed by atoms with Gasteiger partial charge in [-0.3, -0.25) is 4.68 Å². The summed E-state index contributed by atoms with van der Waals surface area (Å²) in [4.78, 5) is 0. The fourth-order valence-electron chi connectivity index (χ4n) is 2.23. The molecule has 1 aliphatic rings. The van der Waals surface area contributed by atoms with Crippen LogP contribution in [-0.2, 0) is 7.05 Å². The predicted molar refractivity (Wildman–Crippen MR) is 80.7 cm³/mol.